The molecule has 0 bridgehead atoms. The first kappa shape index (κ1) is 14.9. The Balaban J connectivity index is 2.80. The molecule has 0 aromatic carbocycles. The molecule has 3 nitrogen and oxygen atoms in total. The van der Waals surface area contributed by atoms with Crippen LogP contribution in [0.1, 0.15) is 59.4 Å². The molecule has 0 fully saturated rings. The summed E-state index contributed by atoms with van der Waals surface area (Å²) in [5, 5.41) is 0. The van der Waals surface area contributed by atoms with Crippen LogP contribution in [0.3, 0.4) is 0 Å². The predicted molar refractivity (Wildman–Crippen MR) is 83.8 cm³/mol. The second kappa shape index (κ2) is 4.80. The summed E-state index contributed by atoms with van der Waals surface area (Å²) in [6.07, 6.45) is 3.15. The number of fused-ring (bicyclic) bond motifs is 1. The first-order valence-corrected chi connectivity index (χ1v) is 7.28. The van der Waals surface area contributed by atoms with Gasteiger partial charge in [-0.15, -0.1) is 0 Å². The molecule has 2 aromatic rings. The van der Waals surface area contributed by atoms with Crippen LogP contribution in [0.15, 0.2) is 18.3 Å². The third-order valence-electron chi connectivity index (χ3n) is 4.07. The van der Waals surface area contributed by atoms with Crippen molar-refractivity contribution in [1.82, 2.24) is 9.38 Å². The van der Waals surface area contributed by atoms with Gasteiger partial charge in [0.1, 0.15) is 11.4 Å². The number of aromatic nitrogens is 2. The summed E-state index contributed by atoms with van der Waals surface area (Å²) < 4.78 is 7.53. The van der Waals surface area contributed by atoms with Crippen molar-refractivity contribution in [2.45, 2.75) is 58.8 Å². The van der Waals surface area contributed by atoms with Crippen LogP contribution in [0.2, 0.25) is 0 Å². The van der Waals surface area contributed by atoms with Crippen molar-refractivity contribution >= 4 is 5.65 Å². The summed E-state index contributed by atoms with van der Waals surface area (Å²) in [6, 6.07) is 4.00. The minimum absolute atomic E-state index is 0.0288. The number of hydrogen-bond donors (Lipinski definition) is 0. The molecule has 0 unspecified atom stereocenters. The maximum absolute atomic E-state index is 5.32. The molecule has 0 atom stereocenters. The first-order valence-electron chi connectivity index (χ1n) is 7.28. The van der Waals surface area contributed by atoms with Crippen LogP contribution in [0.25, 0.3) is 5.65 Å². The topological polar surface area (TPSA) is 26.5 Å². The fourth-order valence-corrected chi connectivity index (χ4v) is 2.49. The number of pyridine rings is 1. The Morgan fingerprint density at radius 3 is 2.35 bits per heavy atom. The van der Waals surface area contributed by atoms with Gasteiger partial charge in [0.25, 0.3) is 0 Å². The SMILES string of the molecule is CCC(C)(C)c1c(C(C)(C)C)nc2cc(OC)ccn12. The minimum atomic E-state index is 0.0288. The molecule has 2 rings (SSSR count). The van der Waals surface area contributed by atoms with Crippen LogP contribution in [0, 0.1) is 0 Å². The van der Waals surface area contributed by atoms with Gasteiger partial charge in [0.05, 0.1) is 18.5 Å². The Kier molecular flexibility index (Phi) is 3.57. The molecule has 0 saturated carbocycles. The molecule has 0 aliphatic rings. The van der Waals surface area contributed by atoms with Gasteiger partial charge in [-0.2, -0.15) is 0 Å². The largest absolute Gasteiger partial charge is 0.497 e. The van der Waals surface area contributed by atoms with Gasteiger partial charge >= 0.3 is 0 Å². The van der Waals surface area contributed by atoms with Gasteiger partial charge in [0.2, 0.25) is 0 Å². The highest BCUT2D eigenvalue weighted by Gasteiger charge is 2.32. The van der Waals surface area contributed by atoms with Gasteiger partial charge in [-0.05, 0) is 12.5 Å². The fourth-order valence-electron chi connectivity index (χ4n) is 2.49. The Bertz CT molecular complexity index is 618. The second-order valence-corrected chi connectivity index (χ2v) is 7.09. The molecule has 0 N–H and O–H groups in total. The van der Waals surface area contributed by atoms with E-state index in [0.717, 1.165) is 17.8 Å². The van der Waals surface area contributed by atoms with Crippen LogP contribution < -0.4 is 4.74 Å². The maximum atomic E-state index is 5.32. The van der Waals surface area contributed by atoms with E-state index in [1.807, 2.05) is 12.1 Å². The number of methoxy groups -OCH3 is 1. The highest BCUT2D eigenvalue weighted by molar-refractivity contribution is 5.50. The molecule has 0 spiro atoms. The van der Waals surface area contributed by atoms with E-state index in [0.29, 0.717) is 0 Å². The van der Waals surface area contributed by atoms with Gasteiger partial charge in [0.15, 0.2) is 0 Å². The molecule has 0 aliphatic heterocycles. The summed E-state index contributed by atoms with van der Waals surface area (Å²) in [4.78, 5) is 4.89. The van der Waals surface area contributed by atoms with Gasteiger partial charge in [-0.25, -0.2) is 4.98 Å². The maximum Gasteiger partial charge on any atom is 0.140 e. The summed E-state index contributed by atoms with van der Waals surface area (Å²) in [5.41, 5.74) is 3.58. The van der Waals surface area contributed by atoms with Crippen LogP contribution in [0.4, 0.5) is 0 Å². The van der Waals surface area contributed by atoms with Crippen molar-refractivity contribution in [3.63, 3.8) is 0 Å². The standard InChI is InChI=1S/C17H26N2O/c1-8-17(5,6)15-14(16(2,3)4)18-13-11-12(20-7)9-10-19(13)15/h9-11H,8H2,1-7H3. The summed E-state index contributed by atoms with van der Waals surface area (Å²) in [5.74, 6) is 0.851. The highest BCUT2D eigenvalue weighted by Crippen LogP contribution is 2.36. The highest BCUT2D eigenvalue weighted by atomic mass is 16.5. The number of imidazole rings is 1. The van der Waals surface area contributed by atoms with Crippen molar-refractivity contribution in [3.8, 4) is 5.75 Å². The number of rotatable bonds is 3. The number of hydrogen-bond acceptors (Lipinski definition) is 2. The normalized spacial score (nSPS) is 12.9. The smallest absolute Gasteiger partial charge is 0.140 e. The van der Waals surface area contributed by atoms with Gasteiger partial charge in [-0.3, -0.25) is 0 Å². The Hall–Kier alpha value is -1.51. The van der Waals surface area contributed by atoms with Gasteiger partial charge in [-0.1, -0.05) is 41.5 Å². The van der Waals surface area contributed by atoms with E-state index >= 15 is 0 Å². The van der Waals surface area contributed by atoms with E-state index in [1.54, 1.807) is 7.11 Å². The van der Waals surface area contributed by atoms with E-state index in [-0.39, 0.29) is 10.8 Å². The molecule has 110 valence electrons. The first-order chi connectivity index (χ1) is 9.20. The molecule has 2 heterocycles. The average Bonchev–Trinajstić information content (AvgIpc) is 2.77. The number of nitrogens with zero attached hydrogens (tertiary/aromatic N) is 2. The lowest BCUT2D eigenvalue weighted by Gasteiger charge is -2.28. The lowest BCUT2D eigenvalue weighted by atomic mass is 9.79. The molecule has 0 saturated heterocycles. The van der Waals surface area contributed by atoms with E-state index in [4.69, 9.17) is 9.72 Å². The molecule has 20 heavy (non-hydrogen) atoms. The molecule has 0 aliphatic carbocycles. The van der Waals surface area contributed by atoms with E-state index < -0.39 is 0 Å². The quantitative estimate of drug-likeness (QED) is 0.833. The minimum Gasteiger partial charge on any atom is -0.497 e. The van der Waals surface area contributed by atoms with Gasteiger partial charge in [0, 0.05) is 23.1 Å². The lowest BCUT2D eigenvalue weighted by molar-refractivity contribution is 0.414. The van der Waals surface area contributed by atoms with Crippen LogP contribution in [-0.4, -0.2) is 16.5 Å². The van der Waals surface area contributed by atoms with Crippen molar-refractivity contribution in [3.05, 3.63) is 29.7 Å². The zero-order chi connectivity index (χ0) is 15.1. The number of ether oxygens (including phenoxy) is 1. The van der Waals surface area contributed by atoms with Crippen molar-refractivity contribution in [1.29, 1.82) is 0 Å². The summed E-state index contributed by atoms with van der Waals surface area (Å²) in [6.45, 7) is 13.5. The summed E-state index contributed by atoms with van der Waals surface area (Å²) in [7, 11) is 1.69. The molecule has 2 aromatic heterocycles. The predicted octanol–water partition coefficient (Wildman–Crippen LogP) is 4.33. The van der Waals surface area contributed by atoms with E-state index in [9.17, 15) is 0 Å². The molecule has 0 amide bonds. The van der Waals surface area contributed by atoms with Crippen molar-refractivity contribution < 1.29 is 4.74 Å². The monoisotopic (exact) mass is 274 g/mol. The zero-order valence-electron chi connectivity index (χ0n) is 13.7. The van der Waals surface area contributed by atoms with E-state index in [2.05, 4.69) is 52.1 Å². The van der Waals surface area contributed by atoms with E-state index in [1.165, 1.54) is 11.4 Å². The molecule has 3 heteroatoms. The van der Waals surface area contributed by atoms with Crippen LogP contribution in [-0.2, 0) is 10.8 Å². The zero-order valence-corrected chi connectivity index (χ0v) is 13.7. The third kappa shape index (κ3) is 2.41. The van der Waals surface area contributed by atoms with Crippen LogP contribution >= 0.6 is 0 Å². The Labute approximate surface area is 122 Å². The summed E-state index contributed by atoms with van der Waals surface area (Å²) >= 11 is 0. The van der Waals surface area contributed by atoms with Crippen molar-refractivity contribution in [2.24, 2.45) is 0 Å². The average molecular weight is 274 g/mol. The Morgan fingerprint density at radius 2 is 1.85 bits per heavy atom. The fraction of sp³-hybridized carbons (Fsp3) is 0.588. The lowest BCUT2D eigenvalue weighted by Crippen LogP contribution is -2.25. The molecule has 0 radical (unpaired) electrons. The molecular formula is C17H26N2O. The Morgan fingerprint density at radius 1 is 1.20 bits per heavy atom. The second-order valence-electron chi connectivity index (χ2n) is 7.09. The van der Waals surface area contributed by atoms with Crippen LogP contribution in [0.5, 0.6) is 5.75 Å². The third-order valence-corrected chi connectivity index (χ3v) is 4.07. The van der Waals surface area contributed by atoms with Crippen molar-refractivity contribution in [2.75, 3.05) is 7.11 Å². The molecular weight excluding hydrogens is 248 g/mol. The van der Waals surface area contributed by atoms with Gasteiger partial charge < -0.3 is 9.14 Å².